The van der Waals surface area contributed by atoms with Gasteiger partial charge in [-0.2, -0.15) is 9.97 Å². The molecule has 4 rings (SSSR count). The molecule has 2 aromatic heterocycles. The van der Waals surface area contributed by atoms with E-state index < -0.39 is 11.8 Å². The number of aryl methyl sites for hydroxylation is 2. The summed E-state index contributed by atoms with van der Waals surface area (Å²) in [6.45, 7) is 8.88. The largest absolute Gasteiger partial charge is 0.509 e. The molecule has 0 saturated carbocycles. The SMILES string of the molecule is CNc1nc(NC2CN(C)CC2OC(=O)OC(C)(C)C)nc2nc3c(c(C)c12)CCC3. The minimum Gasteiger partial charge on any atom is -0.429 e. The van der Waals surface area contributed by atoms with Crippen LogP contribution >= 0.6 is 0 Å². The van der Waals surface area contributed by atoms with Gasteiger partial charge in [-0.05, 0) is 65.1 Å². The Morgan fingerprint density at radius 3 is 2.65 bits per heavy atom. The molecule has 0 aromatic carbocycles. The van der Waals surface area contributed by atoms with E-state index in [9.17, 15) is 4.79 Å². The van der Waals surface area contributed by atoms with Crippen molar-refractivity contribution in [3.63, 3.8) is 0 Å². The van der Waals surface area contributed by atoms with E-state index in [-0.39, 0.29) is 12.1 Å². The van der Waals surface area contributed by atoms with Gasteiger partial charge < -0.3 is 25.0 Å². The summed E-state index contributed by atoms with van der Waals surface area (Å²) < 4.78 is 10.9. The summed E-state index contributed by atoms with van der Waals surface area (Å²) >= 11 is 0. The summed E-state index contributed by atoms with van der Waals surface area (Å²) in [6, 6.07) is -0.157. The lowest BCUT2D eigenvalue weighted by atomic mass is 10.1. The number of hydrogen-bond donors (Lipinski definition) is 2. The molecular weight excluding hydrogens is 396 g/mol. The van der Waals surface area contributed by atoms with Crippen molar-refractivity contribution in [2.24, 2.45) is 0 Å². The van der Waals surface area contributed by atoms with Crippen LogP contribution in [0.5, 0.6) is 0 Å². The number of aromatic nitrogens is 3. The number of hydrogen-bond acceptors (Lipinski definition) is 9. The lowest BCUT2D eigenvalue weighted by Gasteiger charge is -2.24. The maximum Gasteiger partial charge on any atom is 0.509 e. The number of anilines is 2. The molecule has 9 nitrogen and oxygen atoms in total. The van der Waals surface area contributed by atoms with Gasteiger partial charge in [-0.1, -0.05) is 0 Å². The summed E-state index contributed by atoms with van der Waals surface area (Å²) in [5.74, 6) is 1.22. The zero-order valence-electron chi connectivity index (χ0n) is 19.2. The Balaban J connectivity index is 1.59. The summed E-state index contributed by atoms with van der Waals surface area (Å²) in [6.07, 6.45) is 2.15. The third-order valence-electron chi connectivity index (χ3n) is 5.78. The molecule has 2 N–H and O–H groups in total. The Morgan fingerprint density at radius 2 is 1.94 bits per heavy atom. The molecule has 0 bridgehead atoms. The van der Waals surface area contributed by atoms with Crippen molar-refractivity contribution in [1.29, 1.82) is 0 Å². The van der Waals surface area contributed by atoms with Gasteiger partial charge in [0, 0.05) is 25.8 Å². The van der Waals surface area contributed by atoms with Gasteiger partial charge >= 0.3 is 6.16 Å². The molecule has 1 saturated heterocycles. The molecule has 2 unspecified atom stereocenters. The van der Waals surface area contributed by atoms with Gasteiger partial charge in [0.1, 0.15) is 17.5 Å². The van der Waals surface area contributed by atoms with E-state index in [1.807, 2.05) is 34.9 Å². The second kappa shape index (κ2) is 8.11. The maximum atomic E-state index is 12.2. The second-order valence-corrected chi connectivity index (χ2v) is 9.45. The number of pyridine rings is 1. The van der Waals surface area contributed by atoms with Crippen LogP contribution < -0.4 is 10.6 Å². The van der Waals surface area contributed by atoms with Gasteiger partial charge in [-0.15, -0.1) is 0 Å². The molecule has 0 spiro atoms. The molecule has 168 valence electrons. The highest BCUT2D eigenvalue weighted by molar-refractivity contribution is 5.91. The average Bonchev–Trinajstić information content (AvgIpc) is 3.26. The van der Waals surface area contributed by atoms with E-state index in [0.29, 0.717) is 24.7 Å². The molecule has 1 aliphatic heterocycles. The van der Waals surface area contributed by atoms with Crippen molar-refractivity contribution >= 4 is 29.0 Å². The van der Waals surface area contributed by atoms with Gasteiger partial charge in [-0.3, -0.25) is 0 Å². The third kappa shape index (κ3) is 4.51. The molecule has 31 heavy (non-hydrogen) atoms. The van der Waals surface area contributed by atoms with Crippen LogP contribution in [0.3, 0.4) is 0 Å². The van der Waals surface area contributed by atoms with Crippen molar-refractivity contribution in [2.45, 2.75) is 64.7 Å². The fraction of sp³-hybridized carbons (Fsp3) is 0.636. The van der Waals surface area contributed by atoms with Crippen LogP contribution in [-0.2, 0) is 22.3 Å². The number of nitrogens with one attached hydrogen (secondary N) is 2. The van der Waals surface area contributed by atoms with E-state index in [1.165, 1.54) is 11.1 Å². The Hall–Kier alpha value is -2.68. The molecule has 0 radical (unpaired) electrons. The number of likely N-dealkylation sites (tertiary alicyclic amines) is 1. The predicted molar refractivity (Wildman–Crippen MR) is 120 cm³/mol. The number of carbonyl (C=O) groups excluding carboxylic acids is 1. The number of nitrogens with zero attached hydrogens (tertiary/aromatic N) is 4. The zero-order valence-corrected chi connectivity index (χ0v) is 19.2. The monoisotopic (exact) mass is 428 g/mol. The first kappa shape index (κ1) is 21.5. The van der Waals surface area contributed by atoms with Crippen molar-refractivity contribution in [2.75, 3.05) is 37.8 Å². The summed E-state index contributed by atoms with van der Waals surface area (Å²) in [4.78, 5) is 28.6. The van der Waals surface area contributed by atoms with Crippen molar-refractivity contribution in [3.05, 3.63) is 16.8 Å². The molecule has 3 heterocycles. The fourth-order valence-electron chi connectivity index (χ4n) is 4.44. The Labute approximate surface area is 182 Å². The highest BCUT2D eigenvalue weighted by Gasteiger charge is 2.36. The van der Waals surface area contributed by atoms with Crippen LogP contribution in [0.4, 0.5) is 16.6 Å². The van der Waals surface area contributed by atoms with Gasteiger partial charge in [0.05, 0.1) is 11.4 Å². The minimum atomic E-state index is -0.664. The molecule has 2 aromatic rings. The Bertz CT molecular complexity index is 1000. The van der Waals surface area contributed by atoms with Crippen molar-refractivity contribution in [3.8, 4) is 0 Å². The number of likely N-dealkylation sites (N-methyl/N-ethyl adjacent to an activating group) is 1. The van der Waals surface area contributed by atoms with E-state index in [4.69, 9.17) is 24.4 Å². The van der Waals surface area contributed by atoms with Gasteiger partial charge in [-0.25, -0.2) is 9.78 Å². The molecule has 9 heteroatoms. The van der Waals surface area contributed by atoms with E-state index >= 15 is 0 Å². The Kier molecular flexibility index (Phi) is 5.63. The normalized spacial score (nSPS) is 21.2. The average molecular weight is 429 g/mol. The molecule has 1 fully saturated rings. The first-order chi connectivity index (χ1) is 14.6. The lowest BCUT2D eigenvalue weighted by molar-refractivity contribution is -0.0257. The van der Waals surface area contributed by atoms with Gasteiger partial charge in [0.25, 0.3) is 0 Å². The summed E-state index contributed by atoms with van der Waals surface area (Å²) in [5.41, 5.74) is 3.77. The second-order valence-electron chi connectivity index (χ2n) is 9.45. The zero-order chi connectivity index (χ0) is 22.3. The number of rotatable bonds is 4. The van der Waals surface area contributed by atoms with Crippen LogP contribution in [0.15, 0.2) is 0 Å². The molecular formula is C22H32N6O3. The smallest absolute Gasteiger partial charge is 0.429 e. The first-order valence-electron chi connectivity index (χ1n) is 10.9. The first-order valence-corrected chi connectivity index (χ1v) is 10.9. The van der Waals surface area contributed by atoms with Crippen LogP contribution in [0.2, 0.25) is 0 Å². The maximum absolute atomic E-state index is 12.2. The van der Waals surface area contributed by atoms with Crippen LogP contribution in [0.25, 0.3) is 11.0 Å². The molecule has 1 aliphatic carbocycles. The summed E-state index contributed by atoms with van der Waals surface area (Å²) in [5, 5.41) is 7.54. The number of fused-ring (bicyclic) bond motifs is 2. The fourth-order valence-corrected chi connectivity index (χ4v) is 4.44. The number of ether oxygens (including phenoxy) is 2. The standard InChI is InChI=1S/C22H32N6O3/c1-12-13-8-7-9-14(13)24-19-17(12)18(23-5)26-20(27-19)25-15-10-28(6)11-16(15)30-21(29)31-22(2,3)4/h15-16H,7-11H2,1-6H3,(H2,23,24,25,26,27). The van der Waals surface area contributed by atoms with E-state index in [0.717, 1.165) is 36.2 Å². The topological polar surface area (TPSA) is 102 Å². The van der Waals surface area contributed by atoms with Crippen LogP contribution in [0, 0.1) is 6.92 Å². The third-order valence-corrected chi connectivity index (χ3v) is 5.78. The molecule has 2 atom stereocenters. The molecule has 0 amide bonds. The van der Waals surface area contributed by atoms with E-state index in [1.54, 1.807) is 0 Å². The minimum absolute atomic E-state index is 0.157. The predicted octanol–water partition coefficient (Wildman–Crippen LogP) is 2.91. The van der Waals surface area contributed by atoms with Crippen LogP contribution in [-0.4, -0.2) is 70.9 Å². The Morgan fingerprint density at radius 1 is 1.16 bits per heavy atom. The number of carbonyl (C=O) groups is 1. The van der Waals surface area contributed by atoms with Gasteiger partial charge in [0.2, 0.25) is 5.95 Å². The quantitative estimate of drug-likeness (QED) is 0.712. The van der Waals surface area contributed by atoms with Crippen molar-refractivity contribution in [1.82, 2.24) is 19.9 Å². The lowest BCUT2D eigenvalue weighted by Crippen LogP contribution is -2.38. The highest BCUT2D eigenvalue weighted by atomic mass is 16.7. The summed E-state index contributed by atoms with van der Waals surface area (Å²) in [7, 11) is 3.84. The molecule has 2 aliphatic rings. The highest BCUT2D eigenvalue weighted by Crippen LogP contribution is 2.32. The van der Waals surface area contributed by atoms with Crippen LogP contribution in [0.1, 0.15) is 44.0 Å². The van der Waals surface area contributed by atoms with Gasteiger partial charge in [0.15, 0.2) is 5.65 Å². The van der Waals surface area contributed by atoms with E-state index in [2.05, 4.69) is 22.5 Å². The van der Waals surface area contributed by atoms with Crippen molar-refractivity contribution < 1.29 is 14.3 Å².